The standard InChI is InChI=1S/C70H39N3O3/c1-6-26-55-44(17-1)45-18-2-7-27-56(45)70(55)57-28-8-3-19-46(57)47-35-33-43(39-58(47)70)41-16-11-15-40(37-41)42-34-36-61-54(38-42)65-52(24-14-32-63(65)75-61)68-71-67(51-23-13-31-62-64(51)50-21-5-10-30-60(50)74-62)72-69(73-68)53-25-12-22-49-48-20-4-9-29-59(48)76-66(49)53/h1-39H. The zero-order valence-corrected chi connectivity index (χ0v) is 40.6. The highest BCUT2D eigenvalue weighted by molar-refractivity contribution is 6.15. The average Bonchev–Trinajstić information content (AvgIpc) is 4.49. The maximum absolute atomic E-state index is 6.68. The van der Waals surface area contributed by atoms with Gasteiger partial charge < -0.3 is 13.3 Å². The number of hydrogen-bond acceptors (Lipinski definition) is 6. The first-order valence-corrected chi connectivity index (χ1v) is 25.7. The number of fused-ring (bicyclic) bond motifs is 19. The molecular weight excluding hydrogens is 931 g/mol. The van der Waals surface area contributed by atoms with Crippen molar-refractivity contribution in [3.05, 3.63) is 259 Å². The summed E-state index contributed by atoms with van der Waals surface area (Å²) in [5, 5.41) is 5.86. The fourth-order valence-corrected chi connectivity index (χ4v) is 13.0. The molecule has 0 unspecified atom stereocenters. The zero-order valence-electron chi connectivity index (χ0n) is 40.6. The second-order valence-electron chi connectivity index (χ2n) is 20.1. The molecule has 2 aliphatic carbocycles. The Labute approximate surface area is 434 Å². The van der Waals surface area contributed by atoms with Gasteiger partial charge in [-0.05, 0) is 121 Å². The highest BCUT2D eigenvalue weighted by Gasteiger charge is 2.51. The smallest absolute Gasteiger partial charge is 0.167 e. The van der Waals surface area contributed by atoms with Gasteiger partial charge in [0, 0.05) is 43.4 Å². The summed E-state index contributed by atoms with van der Waals surface area (Å²) in [5.74, 6) is 1.54. The van der Waals surface area contributed by atoms with Gasteiger partial charge >= 0.3 is 0 Å². The monoisotopic (exact) mass is 969 g/mol. The van der Waals surface area contributed by atoms with Crippen molar-refractivity contribution in [1.82, 2.24) is 15.0 Å². The van der Waals surface area contributed by atoms with Crippen molar-refractivity contribution in [2.75, 3.05) is 0 Å². The van der Waals surface area contributed by atoms with Crippen LogP contribution in [0.25, 0.3) is 144 Å². The van der Waals surface area contributed by atoms with E-state index in [-0.39, 0.29) is 0 Å². The first-order valence-electron chi connectivity index (χ1n) is 25.7. The van der Waals surface area contributed by atoms with Gasteiger partial charge in [-0.1, -0.05) is 182 Å². The Hall–Kier alpha value is -10.2. The van der Waals surface area contributed by atoms with Crippen molar-refractivity contribution in [3.8, 4) is 78.7 Å². The fraction of sp³-hybridized carbons (Fsp3) is 0.0143. The maximum atomic E-state index is 6.68. The van der Waals surface area contributed by atoms with Gasteiger partial charge in [0.2, 0.25) is 0 Å². The summed E-state index contributed by atoms with van der Waals surface area (Å²) in [6.45, 7) is 0. The number of aromatic nitrogens is 3. The van der Waals surface area contributed by atoms with E-state index < -0.39 is 5.41 Å². The van der Waals surface area contributed by atoms with Crippen molar-refractivity contribution in [2.24, 2.45) is 0 Å². The number of hydrogen-bond donors (Lipinski definition) is 0. The number of furan rings is 3. The lowest BCUT2D eigenvalue weighted by Gasteiger charge is -2.30. The van der Waals surface area contributed by atoms with Crippen LogP contribution in [0.1, 0.15) is 22.3 Å². The largest absolute Gasteiger partial charge is 0.456 e. The van der Waals surface area contributed by atoms with Crippen molar-refractivity contribution >= 4 is 65.8 Å². The van der Waals surface area contributed by atoms with Crippen LogP contribution in [0, 0.1) is 0 Å². The van der Waals surface area contributed by atoms with Crippen molar-refractivity contribution in [3.63, 3.8) is 0 Å². The molecule has 0 radical (unpaired) electrons. The molecule has 6 nitrogen and oxygen atoms in total. The molecular formula is C70H39N3O3. The molecule has 15 aromatic rings. The molecule has 0 atom stereocenters. The van der Waals surface area contributed by atoms with E-state index in [1.165, 1.54) is 50.1 Å². The van der Waals surface area contributed by atoms with Crippen LogP contribution >= 0.6 is 0 Å². The van der Waals surface area contributed by atoms with E-state index >= 15 is 0 Å². The molecule has 6 heteroatoms. The van der Waals surface area contributed by atoms with Crippen LogP contribution in [0.4, 0.5) is 0 Å². The van der Waals surface area contributed by atoms with Crippen molar-refractivity contribution in [2.45, 2.75) is 5.41 Å². The molecule has 0 amide bonds. The molecule has 0 bridgehead atoms. The third-order valence-corrected chi connectivity index (χ3v) is 16.2. The van der Waals surface area contributed by atoms with Gasteiger partial charge in [-0.25, -0.2) is 15.0 Å². The van der Waals surface area contributed by atoms with Crippen LogP contribution in [-0.2, 0) is 5.41 Å². The second kappa shape index (κ2) is 15.4. The Morgan fingerprint density at radius 1 is 0.250 bits per heavy atom. The van der Waals surface area contributed by atoms with E-state index in [1.54, 1.807) is 0 Å². The molecule has 0 N–H and O–H groups in total. The highest BCUT2D eigenvalue weighted by Crippen LogP contribution is 2.63. The predicted molar refractivity (Wildman–Crippen MR) is 305 cm³/mol. The van der Waals surface area contributed by atoms with Crippen LogP contribution < -0.4 is 0 Å². The summed E-state index contributed by atoms with van der Waals surface area (Å²) in [7, 11) is 0. The minimum atomic E-state index is -0.417. The molecule has 11 aromatic carbocycles. The molecule has 0 saturated carbocycles. The number of nitrogens with zero attached hydrogens (tertiary/aromatic N) is 3. The van der Waals surface area contributed by atoms with Crippen LogP contribution in [0.2, 0.25) is 0 Å². The third kappa shape index (κ3) is 5.67. The predicted octanol–water partition coefficient (Wildman–Crippen LogP) is 18.2. The van der Waals surface area contributed by atoms with E-state index in [1.807, 2.05) is 72.8 Å². The highest BCUT2D eigenvalue weighted by atomic mass is 16.3. The third-order valence-electron chi connectivity index (χ3n) is 16.2. The summed E-state index contributed by atoms with van der Waals surface area (Å²) < 4.78 is 19.7. The Bertz CT molecular complexity index is 4910. The van der Waals surface area contributed by atoms with Gasteiger partial charge in [0.05, 0.1) is 11.0 Å². The van der Waals surface area contributed by atoms with E-state index in [4.69, 9.17) is 28.2 Å². The Balaban J connectivity index is 0.829. The van der Waals surface area contributed by atoms with Crippen molar-refractivity contribution in [1.29, 1.82) is 0 Å². The lowest BCUT2D eigenvalue weighted by Crippen LogP contribution is -2.25. The van der Waals surface area contributed by atoms with E-state index in [0.29, 0.717) is 17.5 Å². The summed E-state index contributed by atoms with van der Waals surface area (Å²) in [6, 6.07) is 84.0. The molecule has 1 spiro atoms. The van der Waals surface area contributed by atoms with Crippen LogP contribution in [0.3, 0.4) is 0 Å². The summed E-state index contributed by atoms with van der Waals surface area (Å²) in [4.78, 5) is 16.0. The molecule has 76 heavy (non-hydrogen) atoms. The van der Waals surface area contributed by atoms with Crippen molar-refractivity contribution < 1.29 is 13.3 Å². The van der Waals surface area contributed by atoms with Gasteiger partial charge in [0.25, 0.3) is 0 Å². The van der Waals surface area contributed by atoms with Crippen LogP contribution in [-0.4, -0.2) is 15.0 Å². The van der Waals surface area contributed by atoms with E-state index in [9.17, 15) is 0 Å². The molecule has 0 fully saturated rings. The second-order valence-corrected chi connectivity index (χ2v) is 20.1. The molecule has 0 saturated heterocycles. The number of benzene rings is 11. The summed E-state index contributed by atoms with van der Waals surface area (Å²) in [5.41, 5.74) is 21.6. The van der Waals surface area contributed by atoms with Crippen LogP contribution in [0.15, 0.2) is 250 Å². The molecule has 0 aliphatic heterocycles. The Morgan fingerprint density at radius 2 is 0.671 bits per heavy atom. The quantitative estimate of drug-likeness (QED) is 0.171. The SMILES string of the molecule is c1cc(-c2ccc3c(c2)C2(c4ccccc4-c4ccccc42)c2ccccc2-3)cc(-c2ccc3oc4cccc(-c5nc(-c6cccc7c6oc6ccccc67)nc(-c6cccc7oc8ccccc8c67)n5)c4c3c2)c1. The molecule has 17 rings (SSSR count). The van der Waals surface area contributed by atoms with Gasteiger partial charge in [-0.15, -0.1) is 0 Å². The minimum Gasteiger partial charge on any atom is -0.456 e. The topological polar surface area (TPSA) is 78.1 Å². The zero-order chi connectivity index (χ0) is 49.6. The summed E-state index contributed by atoms with van der Waals surface area (Å²) in [6.07, 6.45) is 0. The first kappa shape index (κ1) is 41.3. The maximum Gasteiger partial charge on any atom is 0.167 e. The minimum absolute atomic E-state index is 0.417. The van der Waals surface area contributed by atoms with E-state index in [0.717, 1.165) is 99.2 Å². The molecule has 352 valence electrons. The van der Waals surface area contributed by atoms with Gasteiger partial charge in [-0.3, -0.25) is 0 Å². The summed E-state index contributed by atoms with van der Waals surface area (Å²) >= 11 is 0. The molecule has 4 heterocycles. The van der Waals surface area contributed by atoms with Gasteiger partial charge in [-0.2, -0.15) is 0 Å². The first-order chi connectivity index (χ1) is 37.7. The lowest BCUT2D eigenvalue weighted by atomic mass is 9.70. The van der Waals surface area contributed by atoms with E-state index in [2.05, 4.69) is 164 Å². The molecule has 4 aromatic heterocycles. The fourth-order valence-electron chi connectivity index (χ4n) is 13.0. The number of para-hydroxylation sites is 3. The Morgan fingerprint density at radius 3 is 1.33 bits per heavy atom. The Kier molecular flexibility index (Phi) is 8.39. The molecule has 2 aliphatic rings. The average molecular weight is 970 g/mol. The van der Waals surface area contributed by atoms with Gasteiger partial charge in [0.1, 0.15) is 33.5 Å². The van der Waals surface area contributed by atoms with Crippen LogP contribution in [0.5, 0.6) is 0 Å². The van der Waals surface area contributed by atoms with Gasteiger partial charge in [0.15, 0.2) is 17.5 Å². The lowest BCUT2D eigenvalue weighted by molar-refractivity contribution is 0.668. The normalized spacial score (nSPS) is 13.1. The number of rotatable bonds is 5.